The van der Waals surface area contributed by atoms with Crippen LogP contribution in [0.4, 0.5) is 0 Å². The molecule has 0 aromatic carbocycles. The monoisotopic (exact) mass is 232 g/mol. The third kappa shape index (κ3) is 6.09. The minimum absolute atomic E-state index is 0.646. The highest BCUT2D eigenvalue weighted by Gasteiger charge is 2.39. The molecule has 0 aromatic rings. The standard InChI is InChI=1S/C11H24O3Si/c1-5-9-11-15(12-7-3,13-8-4)14-10-6-2/h5,9H,6-8,10-11H2,1-4H3. The normalized spacial score (nSPS) is 12.5. The van der Waals surface area contributed by atoms with E-state index < -0.39 is 8.80 Å². The fraction of sp³-hybridized carbons (Fsp3) is 0.818. The van der Waals surface area contributed by atoms with Gasteiger partial charge in [0.25, 0.3) is 0 Å². The lowest BCUT2D eigenvalue weighted by atomic mass is 10.5. The van der Waals surface area contributed by atoms with Gasteiger partial charge in [0.1, 0.15) is 0 Å². The molecular weight excluding hydrogens is 208 g/mol. The molecule has 15 heavy (non-hydrogen) atoms. The lowest BCUT2D eigenvalue weighted by Gasteiger charge is -2.27. The predicted molar refractivity (Wildman–Crippen MR) is 64.9 cm³/mol. The summed E-state index contributed by atoms with van der Waals surface area (Å²) in [4.78, 5) is 0. The Morgan fingerprint density at radius 1 is 1.00 bits per heavy atom. The van der Waals surface area contributed by atoms with E-state index in [9.17, 15) is 0 Å². The van der Waals surface area contributed by atoms with Gasteiger partial charge in [0.05, 0.1) is 0 Å². The molecule has 0 N–H and O–H groups in total. The fourth-order valence-corrected chi connectivity index (χ4v) is 3.78. The van der Waals surface area contributed by atoms with Crippen LogP contribution >= 0.6 is 0 Å². The van der Waals surface area contributed by atoms with Crippen LogP contribution in [-0.4, -0.2) is 28.6 Å². The van der Waals surface area contributed by atoms with Gasteiger partial charge >= 0.3 is 8.80 Å². The molecule has 0 aliphatic rings. The molecule has 0 fully saturated rings. The molecular formula is C11H24O3Si. The van der Waals surface area contributed by atoms with E-state index in [0.717, 1.165) is 12.5 Å². The van der Waals surface area contributed by atoms with Crippen LogP contribution in [0.5, 0.6) is 0 Å². The topological polar surface area (TPSA) is 27.7 Å². The molecule has 0 saturated carbocycles. The van der Waals surface area contributed by atoms with Crippen molar-refractivity contribution < 1.29 is 13.3 Å². The lowest BCUT2D eigenvalue weighted by molar-refractivity contribution is 0.0700. The van der Waals surface area contributed by atoms with Gasteiger partial charge in [0.15, 0.2) is 0 Å². The smallest absolute Gasteiger partial charge is 0.374 e. The summed E-state index contributed by atoms with van der Waals surface area (Å²) in [6.45, 7) is 10.0. The van der Waals surface area contributed by atoms with Crippen LogP contribution in [0.15, 0.2) is 12.2 Å². The van der Waals surface area contributed by atoms with E-state index in [2.05, 4.69) is 13.0 Å². The van der Waals surface area contributed by atoms with E-state index in [1.165, 1.54) is 0 Å². The van der Waals surface area contributed by atoms with Gasteiger partial charge in [-0.15, -0.1) is 0 Å². The average Bonchev–Trinajstić information content (AvgIpc) is 2.24. The van der Waals surface area contributed by atoms with E-state index >= 15 is 0 Å². The highest BCUT2D eigenvalue weighted by atomic mass is 28.4. The SMILES string of the molecule is CC=CC[Si](OCC)(OCC)OCCC. The lowest BCUT2D eigenvalue weighted by Crippen LogP contribution is -2.45. The minimum atomic E-state index is -2.42. The maximum atomic E-state index is 5.80. The molecule has 0 unspecified atom stereocenters. The van der Waals surface area contributed by atoms with Crippen molar-refractivity contribution in [1.82, 2.24) is 0 Å². The van der Waals surface area contributed by atoms with Gasteiger partial charge < -0.3 is 13.3 Å². The molecule has 0 aliphatic heterocycles. The van der Waals surface area contributed by atoms with Crippen LogP contribution in [-0.2, 0) is 13.3 Å². The first-order valence-corrected chi connectivity index (χ1v) is 7.70. The van der Waals surface area contributed by atoms with Crippen molar-refractivity contribution in [3.8, 4) is 0 Å². The molecule has 0 atom stereocenters. The van der Waals surface area contributed by atoms with E-state index in [0.29, 0.717) is 19.8 Å². The summed E-state index contributed by atoms with van der Waals surface area (Å²) < 4.78 is 17.2. The first-order chi connectivity index (χ1) is 7.24. The Kier molecular flexibility index (Phi) is 8.99. The van der Waals surface area contributed by atoms with E-state index in [-0.39, 0.29) is 0 Å². The molecule has 0 bridgehead atoms. The van der Waals surface area contributed by atoms with Crippen LogP contribution in [0.25, 0.3) is 0 Å². The Hall–Kier alpha value is -0.163. The van der Waals surface area contributed by atoms with Gasteiger partial charge in [-0.1, -0.05) is 19.1 Å². The van der Waals surface area contributed by atoms with Gasteiger partial charge in [-0.2, -0.15) is 0 Å². The highest BCUT2D eigenvalue weighted by Crippen LogP contribution is 2.16. The van der Waals surface area contributed by atoms with Crippen molar-refractivity contribution >= 4 is 8.80 Å². The summed E-state index contributed by atoms with van der Waals surface area (Å²) in [6.07, 6.45) is 5.06. The van der Waals surface area contributed by atoms with Crippen LogP contribution in [0.1, 0.15) is 34.1 Å². The molecule has 0 aromatic heterocycles. The predicted octanol–water partition coefficient (Wildman–Crippen LogP) is 3.00. The van der Waals surface area contributed by atoms with E-state index in [1.807, 2.05) is 26.8 Å². The van der Waals surface area contributed by atoms with Crippen molar-refractivity contribution in [3.63, 3.8) is 0 Å². The number of hydrogen-bond acceptors (Lipinski definition) is 3. The van der Waals surface area contributed by atoms with Gasteiger partial charge in [-0.05, 0) is 27.2 Å². The summed E-state index contributed by atoms with van der Waals surface area (Å²) in [5.41, 5.74) is 0. The van der Waals surface area contributed by atoms with Crippen molar-refractivity contribution in [1.29, 1.82) is 0 Å². The quantitative estimate of drug-likeness (QED) is 0.452. The number of allylic oxidation sites excluding steroid dienone is 2. The van der Waals surface area contributed by atoms with E-state index in [4.69, 9.17) is 13.3 Å². The molecule has 4 heteroatoms. The molecule has 90 valence electrons. The molecule has 0 amide bonds. The largest absolute Gasteiger partial charge is 0.504 e. The Morgan fingerprint density at radius 2 is 1.60 bits per heavy atom. The first kappa shape index (κ1) is 14.8. The minimum Gasteiger partial charge on any atom is -0.374 e. The van der Waals surface area contributed by atoms with Gasteiger partial charge in [-0.3, -0.25) is 0 Å². The second-order valence-electron chi connectivity index (χ2n) is 3.17. The maximum absolute atomic E-state index is 5.80. The van der Waals surface area contributed by atoms with Crippen LogP contribution in [0.3, 0.4) is 0 Å². The number of rotatable bonds is 9. The molecule has 3 nitrogen and oxygen atoms in total. The Bertz CT molecular complexity index is 165. The third-order valence-electron chi connectivity index (χ3n) is 1.86. The zero-order valence-electron chi connectivity index (χ0n) is 10.4. The molecule has 0 aliphatic carbocycles. The Labute approximate surface area is 94.8 Å². The second-order valence-corrected chi connectivity index (χ2v) is 5.81. The molecule has 0 rings (SSSR count). The summed E-state index contributed by atoms with van der Waals surface area (Å²) >= 11 is 0. The van der Waals surface area contributed by atoms with Crippen molar-refractivity contribution in [2.45, 2.75) is 40.2 Å². The zero-order chi connectivity index (χ0) is 11.6. The first-order valence-electron chi connectivity index (χ1n) is 5.77. The van der Waals surface area contributed by atoms with Gasteiger partial charge in [0.2, 0.25) is 0 Å². The average molecular weight is 232 g/mol. The highest BCUT2D eigenvalue weighted by molar-refractivity contribution is 6.61. The summed E-state index contributed by atoms with van der Waals surface area (Å²) in [5, 5.41) is 0. The van der Waals surface area contributed by atoms with Crippen LogP contribution in [0, 0.1) is 0 Å². The van der Waals surface area contributed by atoms with Crippen LogP contribution in [0.2, 0.25) is 6.04 Å². The van der Waals surface area contributed by atoms with E-state index in [1.54, 1.807) is 0 Å². The zero-order valence-corrected chi connectivity index (χ0v) is 11.4. The Morgan fingerprint density at radius 3 is 2.00 bits per heavy atom. The second kappa shape index (κ2) is 9.09. The van der Waals surface area contributed by atoms with Gasteiger partial charge in [-0.25, -0.2) is 0 Å². The summed E-state index contributed by atoms with van der Waals surface area (Å²) in [6, 6.07) is 0.769. The molecule has 0 saturated heterocycles. The van der Waals surface area contributed by atoms with Crippen LogP contribution < -0.4 is 0 Å². The van der Waals surface area contributed by atoms with Crippen molar-refractivity contribution in [2.24, 2.45) is 0 Å². The third-order valence-corrected chi connectivity index (χ3v) is 4.69. The fourth-order valence-electron chi connectivity index (χ4n) is 1.26. The van der Waals surface area contributed by atoms with Crippen molar-refractivity contribution in [2.75, 3.05) is 19.8 Å². The van der Waals surface area contributed by atoms with Gasteiger partial charge in [0, 0.05) is 25.9 Å². The summed E-state index contributed by atoms with van der Waals surface area (Å²) in [7, 11) is -2.42. The van der Waals surface area contributed by atoms with Crippen molar-refractivity contribution in [3.05, 3.63) is 12.2 Å². The Balaban J connectivity index is 4.39. The molecule has 0 heterocycles. The molecule has 0 spiro atoms. The molecule has 0 radical (unpaired) electrons. The maximum Gasteiger partial charge on any atom is 0.504 e. The summed E-state index contributed by atoms with van der Waals surface area (Å²) in [5.74, 6) is 0. The number of hydrogen-bond donors (Lipinski definition) is 0.